The lowest BCUT2D eigenvalue weighted by molar-refractivity contribution is 0.671. The molecule has 7 aromatic rings. The fourth-order valence-corrected chi connectivity index (χ4v) is 11.7. The van der Waals surface area contributed by atoms with Gasteiger partial charge < -0.3 is 4.42 Å². The Morgan fingerprint density at radius 1 is 0.638 bits per heavy atom. The lowest BCUT2D eigenvalue weighted by Crippen LogP contribution is -2.67. The van der Waals surface area contributed by atoms with Crippen molar-refractivity contribution in [3.63, 3.8) is 0 Å². The van der Waals surface area contributed by atoms with Gasteiger partial charge in [-0.1, -0.05) is 125 Å². The van der Waals surface area contributed by atoms with Crippen molar-refractivity contribution in [2.45, 2.75) is 46.1 Å². The van der Waals surface area contributed by atoms with Gasteiger partial charge in [0.1, 0.15) is 11.2 Å². The first kappa shape index (κ1) is 30.4. The summed E-state index contributed by atoms with van der Waals surface area (Å²) in [5.41, 5.74) is 9.85. The van der Waals surface area contributed by atoms with Crippen molar-refractivity contribution in [2.75, 3.05) is 0 Å². The predicted octanol–water partition coefficient (Wildman–Crippen LogP) is 9.53. The van der Waals surface area contributed by atoms with Crippen LogP contribution in [0.15, 0.2) is 132 Å². The van der Waals surface area contributed by atoms with Gasteiger partial charge in [-0.2, -0.15) is 5.26 Å². The summed E-state index contributed by atoms with van der Waals surface area (Å²) in [6.07, 6.45) is 1.92. The van der Waals surface area contributed by atoms with E-state index in [0.717, 1.165) is 27.3 Å². The smallest absolute Gasteiger partial charge is 0.173 e. The third-order valence-electron chi connectivity index (χ3n) is 9.61. The maximum absolute atomic E-state index is 9.60. The molecular weight excluding hydrogens is 589 g/mol. The van der Waals surface area contributed by atoms with Gasteiger partial charge in [-0.25, -0.2) is 0 Å². The van der Waals surface area contributed by atoms with E-state index in [-0.39, 0.29) is 11.8 Å². The molecule has 0 amide bonds. The van der Waals surface area contributed by atoms with Crippen LogP contribution in [0.3, 0.4) is 0 Å². The Bertz CT molecular complexity index is 2230. The maximum Gasteiger partial charge on any atom is 0.173 e. The number of para-hydroxylation sites is 1. The van der Waals surface area contributed by atoms with E-state index in [4.69, 9.17) is 9.40 Å². The SMILES string of the molecule is CC(C)c1cc(-c2ccc(-c3ccccc3)cc2)cc(C(C)C)c1[Si](C)(c1ccccn1)c1cccc2c1oc1cc(C#N)ccc12. The number of hydrogen-bond acceptors (Lipinski definition) is 3. The first-order valence-corrected chi connectivity index (χ1v) is 18.9. The number of pyridine rings is 1. The average Bonchev–Trinajstić information content (AvgIpc) is 3.49. The van der Waals surface area contributed by atoms with E-state index < -0.39 is 8.07 Å². The molecule has 0 fully saturated rings. The molecule has 1 unspecified atom stereocenters. The van der Waals surface area contributed by atoms with Gasteiger partial charge in [0.05, 0.1) is 11.6 Å². The second kappa shape index (κ2) is 12.2. The second-order valence-corrected chi connectivity index (χ2v) is 17.0. The third-order valence-corrected chi connectivity index (χ3v) is 14.0. The molecule has 0 spiro atoms. The summed E-state index contributed by atoms with van der Waals surface area (Å²) >= 11 is 0. The summed E-state index contributed by atoms with van der Waals surface area (Å²) in [5.74, 6) is 0.573. The van der Waals surface area contributed by atoms with Crippen molar-refractivity contribution in [2.24, 2.45) is 0 Å². The van der Waals surface area contributed by atoms with Gasteiger partial charge in [0.15, 0.2) is 8.07 Å². The van der Waals surface area contributed by atoms with Crippen LogP contribution in [0, 0.1) is 11.3 Å². The molecule has 47 heavy (non-hydrogen) atoms. The number of aromatic nitrogens is 1. The minimum Gasteiger partial charge on any atom is -0.456 e. The molecule has 7 rings (SSSR count). The number of nitriles is 1. The lowest BCUT2D eigenvalue weighted by Gasteiger charge is -2.35. The van der Waals surface area contributed by atoms with Crippen LogP contribution in [0.25, 0.3) is 44.2 Å². The lowest BCUT2D eigenvalue weighted by atomic mass is 9.90. The Kier molecular flexibility index (Phi) is 7.87. The molecule has 0 N–H and O–H groups in total. The van der Waals surface area contributed by atoms with Crippen molar-refractivity contribution >= 4 is 45.7 Å². The number of hydrogen-bond donors (Lipinski definition) is 0. The van der Waals surface area contributed by atoms with E-state index in [1.807, 2.05) is 30.5 Å². The first-order chi connectivity index (χ1) is 22.8. The number of nitrogens with zero attached hydrogens (tertiary/aromatic N) is 2. The molecule has 1 atom stereocenters. The second-order valence-electron chi connectivity index (χ2n) is 13.2. The largest absolute Gasteiger partial charge is 0.456 e. The Balaban J connectivity index is 1.50. The van der Waals surface area contributed by atoms with E-state index >= 15 is 0 Å². The highest BCUT2D eigenvalue weighted by molar-refractivity contribution is 7.11. The first-order valence-electron chi connectivity index (χ1n) is 16.4. The summed E-state index contributed by atoms with van der Waals surface area (Å²) in [5, 5.41) is 15.4. The Hall–Kier alpha value is -5.24. The van der Waals surface area contributed by atoms with Crippen LogP contribution < -0.4 is 15.7 Å². The molecule has 4 heteroatoms. The average molecular weight is 627 g/mol. The van der Waals surface area contributed by atoms with Crippen molar-refractivity contribution < 1.29 is 4.42 Å². The summed E-state index contributed by atoms with van der Waals surface area (Å²) in [6, 6.07) is 45.2. The van der Waals surface area contributed by atoms with Crippen LogP contribution in [-0.4, -0.2) is 13.1 Å². The van der Waals surface area contributed by atoms with Gasteiger partial charge >= 0.3 is 0 Å². The van der Waals surface area contributed by atoms with Crippen LogP contribution in [0.4, 0.5) is 0 Å². The number of furan rings is 1. The highest BCUT2D eigenvalue weighted by atomic mass is 28.3. The topological polar surface area (TPSA) is 49.8 Å². The van der Waals surface area contributed by atoms with E-state index in [1.54, 1.807) is 0 Å². The van der Waals surface area contributed by atoms with Gasteiger partial charge in [-0.15, -0.1) is 0 Å². The normalized spacial score (nSPS) is 12.9. The van der Waals surface area contributed by atoms with Crippen LogP contribution in [-0.2, 0) is 0 Å². The zero-order valence-electron chi connectivity index (χ0n) is 27.6. The van der Waals surface area contributed by atoms with E-state index in [9.17, 15) is 5.26 Å². The Labute approximate surface area is 278 Å². The van der Waals surface area contributed by atoms with Crippen LogP contribution in [0.1, 0.15) is 56.2 Å². The molecule has 0 aliphatic carbocycles. The third kappa shape index (κ3) is 5.27. The highest BCUT2D eigenvalue weighted by Gasteiger charge is 2.42. The van der Waals surface area contributed by atoms with E-state index in [0.29, 0.717) is 5.56 Å². The van der Waals surface area contributed by atoms with Gasteiger partial charge in [0, 0.05) is 22.3 Å². The highest BCUT2D eigenvalue weighted by Crippen LogP contribution is 2.34. The molecule has 0 saturated heterocycles. The molecule has 2 aromatic heterocycles. The number of benzene rings is 5. The summed E-state index contributed by atoms with van der Waals surface area (Å²) in [6.45, 7) is 11.7. The zero-order valence-corrected chi connectivity index (χ0v) is 28.6. The maximum atomic E-state index is 9.60. The molecule has 230 valence electrons. The summed E-state index contributed by atoms with van der Waals surface area (Å²) < 4.78 is 6.71. The van der Waals surface area contributed by atoms with Crippen LogP contribution in [0.5, 0.6) is 0 Å². The predicted molar refractivity (Wildman–Crippen MR) is 199 cm³/mol. The van der Waals surface area contributed by atoms with E-state index in [2.05, 4.69) is 137 Å². The standard InChI is InChI=1S/C43H38N2OSi/c1-28(2)37-25-34(33-20-18-32(19-21-33)31-12-7-6-8-13-31)26-38(29(3)4)43(37)47(5,41-16-9-10-23-45-41)40-15-11-14-36-35-22-17-30(27-44)24-39(35)46-42(36)40/h6-26,28-29H,1-5H3. The molecule has 0 bridgehead atoms. The van der Waals surface area contributed by atoms with E-state index in [1.165, 1.54) is 43.8 Å². The quantitative estimate of drug-likeness (QED) is 0.166. The number of rotatable bonds is 7. The zero-order chi connectivity index (χ0) is 32.7. The van der Waals surface area contributed by atoms with Gasteiger partial charge in [-0.3, -0.25) is 4.98 Å². The monoisotopic (exact) mass is 626 g/mol. The molecule has 3 nitrogen and oxygen atoms in total. The molecular formula is C43H38N2OSi. The van der Waals surface area contributed by atoms with Gasteiger partial charge in [-0.05, 0) is 85.9 Å². The minimum atomic E-state index is -2.79. The Morgan fingerprint density at radius 2 is 1.28 bits per heavy atom. The van der Waals surface area contributed by atoms with Crippen molar-refractivity contribution in [1.29, 1.82) is 5.26 Å². The van der Waals surface area contributed by atoms with Gasteiger partial charge in [0.2, 0.25) is 0 Å². The minimum absolute atomic E-state index is 0.287. The van der Waals surface area contributed by atoms with Crippen molar-refractivity contribution in [3.05, 3.63) is 144 Å². The fourth-order valence-electron chi connectivity index (χ4n) is 7.15. The molecule has 2 heterocycles. The molecule has 0 aliphatic heterocycles. The number of fused-ring (bicyclic) bond motifs is 3. The summed E-state index contributed by atoms with van der Waals surface area (Å²) in [4.78, 5) is 5.09. The summed E-state index contributed by atoms with van der Waals surface area (Å²) in [7, 11) is -2.79. The molecule has 5 aromatic carbocycles. The molecule has 0 saturated carbocycles. The van der Waals surface area contributed by atoms with Crippen molar-refractivity contribution in [1.82, 2.24) is 4.98 Å². The fraction of sp³-hybridized carbons (Fsp3) is 0.163. The van der Waals surface area contributed by atoms with Crippen LogP contribution >= 0.6 is 0 Å². The van der Waals surface area contributed by atoms with Crippen LogP contribution in [0.2, 0.25) is 6.55 Å². The molecule has 0 radical (unpaired) electrons. The molecule has 0 aliphatic rings. The van der Waals surface area contributed by atoms with Gasteiger partial charge in [0.25, 0.3) is 0 Å². The van der Waals surface area contributed by atoms with Crippen molar-refractivity contribution in [3.8, 4) is 28.3 Å². The Morgan fingerprint density at radius 3 is 1.89 bits per heavy atom.